The average Bonchev–Trinajstić information content (AvgIpc) is 2.74. The number of benzene rings is 1. The highest BCUT2D eigenvalue weighted by molar-refractivity contribution is 6.16. The Morgan fingerprint density at radius 3 is 2.71 bits per heavy atom. The van der Waals surface area contributed by atoms with Crippen molar-refractivity contribution in [3.8, 4) is 0 Å². The van der Waals surface area contributed by atoms with Crippen LogP contribution in [0, 0.1) is 11.3 Å². The van der Waals surface area contributed by atoms with Gasteiger partial charge < -0.3 is 10.7 Å². The number of hydrogen-bond acceptors (Lipinski definition) is 2. The fourth-order valence-corrected chi connectivity index (χ4v) is 2.40. The fraction of sp³-hybridized carbons (Fsp3) is 0.143. The van der Waals surface area contributed by atoms with E-state index in [1.807, 2.05) is 36.4 Å². The molecular weight excluding hydrogens is 212 g/mol. The van der Waals surface area contributed by atoms with Gasteiger partial charge in [0, 0.05) is 12.3 Å². The Morgan fingerprint density at radius 2 is 1.94 bits per heavy atom. The van der Waals surface area contributed by atoms with E-state index in [9.17, 15) is 4.79 Å². The summed E-state index contributed by atoms with van der Waals surface area (Å²) in [6.45, 7) is 0.556. The monoisotopic (exact) mass is 224 g/mol. The average molecular weight is 224 g/mol. The van der Waals surface area contributed by atoms with Gasteiger partial charge in [0.15, 0.2) is 0 Å². The number of allylic oxidation sites excluding steroid dienone is 3. The molecule has 1 aromatic rings. The first-order valence-electron chi connectivity index (χ1n) is 5.60. The van der Waals surface area contributed by atoms with Crippen molar-refractivity contribution in [2.45, 2.75) is 0 Å². The normalized spacial score (nSPS) is 22.7. The highest BCUT2D eigenvalue weighted by Gasteiger charge is 2.35. The van der Waals surface area contributed by atoms with Crippen LogP contribution in [0.15, 0.2) is 48.1 Å². The number of carbonyl (C=O) groups excluding carboxylic acids is 1. The van der Waals surface area contributed by atoms with Crippen LogP contribution in [0.1, 0.15) is 5.56 Å². The topological polar surface area (TPSA) is 53.0 Å². The largest absolute Gasteiger partial charge is 0.351 e. The molecule has 1 unspecified atom stereocenters. The lowest BCUT2D eigenvalue weighted by molar-refractivity contribution is -0.120. The van der Waals surface area contributed by atoms with Crippen molar-refractivity contribution >= 4 is 17.2 Å². The fourth-order valence-electron chi connectivity index (χ4n) is 2.40. The van der Waals surface area contributed by atoms with Crippen LogP contribution in [-0.4, -0.2) is 18.2 Å². The summed E-state index contributed by atoms with van der Waals surface area (Å²) in [6.07, 6.45) is 3.66. The van der Waals surface area contributed by atoms with Gasteiger partial charge >= 0.3 is 0 Å². The van der Waals surface area contributed by atoms with E-state index in [1.165, 1.54) is 0 Å². The van der Waals surface area contributed by atoms with Crippen LogP contribution in [0.5, 0.6) is 0 Å². The lowest BCUT2D eigenvalue weighted by atomic mass is 9.85. The Morgan fingerprint density at radius 1 is 1.18 bits per heavy atom. The standard InChI is InChI=1S/C14H12N2O/c15-12-7-6-10(9-4-2-1-3-5-9)11-8-16-14(17)13(11)12/h1-7,13,15H,8H2,(H,16,17). The van der Waals surface area contributed by atoms with Gasteiger partial charge in [-0.1, -0.05) is 36.4 Å². The van der Waals surface area contributed by atoms with Crippen LogP contribution in [0.2, 0.25) is 0 Å². The molecular formula is C14H12N2O. The first kappa shape index (κ1) is 10.0. The molecule has 2 aliphatic rings. The van der Waals surface area contributed by atoms with Crippen LogP contribution < -0.4 is 5.32 Å². The third-order valence-corrected chi connectivity index (χ3v) is 3.24. The number of carbonyl (C=O) groups is 1. The molecule has 3 rings (SSSR count). The van der Waals surface area contributed by atoms with Crippen molar-refractivity contribution in [3.63, 3.8) is 0 Å². The van der Waals surface area contributed by atoms with Crippen LogP contribution in [0.4, 0.5) is 0 Å². The molecule has 1 amide bonds. The molecule has 1 aliphatic carbocycles. The quantitative estimate of drug-likeness (QED) is 0.750. The third-order valence-electron chi connectivity index (χ3n) is 3.24. The van der Waals surface area contributed by atoms with Crippen LogP contribution in [-0.2, 0) is 4.79 Å². The second-order valence-corrected chi connectivity index (χ2v) is 4.24. The van der Waals surface area contributed by atoms with Crippen molar-refractivity contribution in [1.29, 1.82) is 5.41 Å². The smallest absolute Gasteiger partial charge is 0.233 e. The van der Waals surface area contributed by atoms with Gasteiger partial charge in [-0.25, -0.2) is 0 Å². The second-order valence-electron chi connectivity index (χ2n) is 4.24. The zero-order valence-electron chi connectivity index (χ0n) is 9.23. The van der Waals surface area contributed by atoms with E-state index in [0.29, 0.717) is 12.3 Å². The molecule has 1 aliphatic heterocycles. The highest BCUT2D eigenvalue weighted by Crippen LogP contribution is 2.32. The van der Waals surface area contributed by atoms with E-state index in [2.05, 4.69) is 5.32 Å². The first-order valence-corrected chi connectivity index (χ1v) is 5.60. The number of amides is 1. The summed E-state index contributed by atoms with van der Waals surface area (Å²) in [5.41, 5.74) is 3.58. The summed E-state index contributed by atoms with van der Waals surface area (Å²) < 4.78 is 0. The molecule has 84 valence electrons. The molecule has 1 atom stereocenters. The zero-order chi connectivity index (χ0) is 11.8. The molecule has 0 aromatic heterocycles. The lowest BCUT2D eigenvalue weighted by Gasteiger charge is -2.17. The van der Waals surface area contributed by atoms with Crippen molar-refractivity contribution in [2.75, 3.05) is 6.54 Å². The van der Waals surface area contributed by atoms with Gasteiger partial charge in [0.05, 0.1) is 0 Å². The Kier molecular flexibility index (Phi) is 2.18. The minimum atomic E-state index is -0.379. The van der Waals surface area contributed by atoms with Crippen LogP contribution >= 0.6 is 0 Å². The summed E-state index contributed by atoms with van der Waals surface area (Å²) in [7, 11) is 0. The maximum atomic E-state index is 11.7. The SMILES string of the molecule is N=C1C=CC(c2ccccc2)=C2CNC(=O)C12. The van der Waals surface area contributed by atoms with E-state index < -0.39 is 0 Å². The molecule has 1 aromatic carbocycles. The van der Waals surface area contributed by atoms with Gasteiger partial charge in [0.2, 0.25) is 5.91 Å². The van der Waals surface area contributed by atoms with Gasteiger partial charge in [-0.05, 0) is 22.8 Å². The highest BCUT2D eigenvalue weighted by atomic mass is 16.2. The molecule has 17 heavy (non-hydrogen) atoms. The molecule has 3 heteroatoms. The summed E-state index contributed by atoms with van der Waals surface area (Å²) in [5.74, 6) is -0.432. The third kappa shape index (κ3) is 1.51. The second kappa shape index (κ2) is 3.70. The Balaban J connectivity index is 2.14. The number of rotatable bonds is 1. The summed E-state index contributed by atoms with van der Waals surface area (Å²) in [6, 6.07) is 9.99. The molecule has 0 bridgehead atoms. The summed E-state index contributed by atoms with van der Waals surface area (Å²) >= 11 is 0. The van der Waals surface area contributed by atoms with E-state index in [1.54, 1.807) is 6.08 Å². The Bertz CT molecular complexity index is 555. The molecule has 1 saturated heterocycles. The predicted molar refractivity (Wildman–Crippen MR) is 66.7 cm³/mol. The van der Waals surface area contributed by atoms with Gasteiger partial charge in [-0.15, -0.1) is 0 Å². The van der Waals surface area contributed by atoms with Gasteiger partial charge in [0.25, 0.3) is 0 Å². The van der Waals surface area contributed by atoms with Gasteiger partial charge in [0.1, 0.15) is 5.92 Å². The van der Waals surface area contributed by atoms with E-state index in [0.717, 1.165) is 16.7 Å². The summed E-state index contributed by atoms with van der Waals surface area (Å²) in [4.78, 5) is 11.7. The maximum Gasteiger partial charge on any atom is 0.233 e. The van der Waals surface area contributed by atoms with E-state index >= 15 is 0 Å². The molecule has 1 fully saturated rings. The molecule has 0 spiro atoms. The molecule has 3 nitrogen and oxygen atoms in total. The number of hydrogen-bond donors (Lipinski definition) is 2. The van der Waals surface area contributed by atoms with E-state index in [-0.39, 0.29) is 11.8 Å². The van der Waals surface area contributed by atoms with Gasteiger partial charge in [-0.2, -0.15) is 0 Å². The molecule has 2 N–H and O–H groups in total. The van der Waals surface area contributed by atoms with Crippen molar-refractivity contribution in [1.82, 2.24) is 5.32 Å². The Labute approximate surface area is 99.4 Å². The van der Waals surface area contributed by atoms with Crippen molar-refractivity contribution in [3.05, 3.63) is 53.6 Å². The van der Waals surface area contributed by atoms with Crippen LogP contribution in [0.25, 0.3) is 5.57 Å². The van der Waals surface area contributed by atoms with Gasteiger partial charge in [-0.3, -0.25) is 4.79 Å². The number of fused-ring (bicyclic) bond motifs is 1. The van der Waals surface area contributed by atoms with E-state index in [4.69, 9.17) is 5.41 Å². The molecule has 0 radical (unpaired) electrons. The number of nitrogens with one attached hydrogen (secondary N) is 2. The lowest BCUT2D eigenvalue weighted by Crippen LogP contribution is -2.25. The predicted octanol–water partition coefficient (Wildman–Crippen LogP) is 1.78. The maximum absolute atomic E-state index is 11.7. The van der Waals surface area contributed by atoms with Crippen LogP contribution in [0.3, 0.4) is 0 Å². The first-order chi connectivity index (χ1) is 8.27. The molecule has 0 saturated carbocycles. The molecule has 1 heterocycles. The van der Waals surface area contributed by atoms with Crippen molar-refractivity contribution in [2.24, 2.45) is 5.92 Å². The van der Waals surface area contributed by atoms with Crippen molar-refractivity contribution < 1.29 is 4.79 Å². The zero-order valence-corrected chi connectivity index (χ0v) is 9.23. The minimum Gasteiger partial charge on any atom is -0.351 e. The Hall–Kier alpha value is -2.16. The minimum absolute atomic E-state index is 0.0530. The summed E-state index contributed by atoms with van der Waals surface area (Å²) in [5, 5.41) is 10.6.